The number of halogens is 3. The molecule has 0 aliphatic carbocycles. The van der Waals surface area contributed by atoms with Gasteiger partial charge in [-0.3, -0.25) is 4.79 Å². The first-order valence-electron chi connectivity index (χ1n) is 4.67. The van der Waals surface area contributed by atoms with E-state index in [1.165, 1.54) is 0 Å². The van der Waals surface area contributed by atoms with Crippen molar-refractivity contribution in [2.24, 2.45) is 0 Å². The number of aliphatic carboxylic acids is 2. The Morgan fingerprint density at radius 2 is 1.72 bits per heavy atom. The van der Waals surface area contributed by atoms with Crippen LogP contribution in [0.2, 0.25) is 0 Å². The van der Waals surface area contributed by atoms with Crippen molar-refractivity contribution in [1.29, 1.82) is 0 Å². The molecule has 0 spiro atoms. The van der Waals surface area contributed by atoms with Crippen molar-refractivity contribution < 1.29 is 37.8 Å². The highest BCUT2D eigenvalue weighted by Gasteiger charge is 2.27. The van der Waals surface area contributed by atoms with E-state index in [0.29, 0.717) is 0 Å². The molecular formula is C8H11F3N2O5. The number of carboxylic acid groups (broad SMARTS) is 2. The molecule has 4 N–H and O–H groups in total. The lowest BCUT2D eigenvalue weighted by molar-refractivity contribution is -0.145. The maximum Gasteiger partial charge on any atom is 0.390 e. The van der Waals surface area contributed by atoms with E-state index in [0.717, 1.165) is 0 Å². The van der Waals surface area contributed by atoms with Gasteiger partial charge in [0.05, 0.1) is 12.8 Å². The number of amides is 2. The molecular weight excluding hydrogens is 261 g/mol. The second-order valence-electron chi connectivity index (χ2n) is 3.25. The van der Waals surface area contributed by atoms with Crippen molar-refractivity contribution >= 4 is 18.0 Å². The molecule has 1 unspecified atom stereocenters. The first-order valence-corrected chi connectivity index (χ1v) is 4.67. The fraction of sp³-hybridized carbons (Fsp3) is 0.625. The second kappa shape index (κ2) is 6.67. The summed E-state index contributed by atoms with van der Waals surface area (Å²) in [4.78, 5) is 31.8. The molecule has 2 amide bonds. The molecule has 0 saturated carbocycles. The third kappa shape index (κ3) is 8.19. The van der Waals surface area contributed by atoms with Crippen LogP contribution in [0.25, 0.3) is 0 Å². The quantitative estimate of drug-likeness (QED) is 0.550. The molecule has 0 heterocycles. The summed E-state index contributed by atoms with van der Waals surface area (Å²) in [5.74, 6) is -3.05. The minimum atomic E-state index is -4.44. The minimum absolute atomic E-state index is 0.727. The Hall–Kier alpha value is -2.00. The molecule has 0 saturated heterocycles. The first kappa shape index (κ1) is 16.0. The van der Waals surface area contributed by atoms with Crippen LogP contribution in [0.5, 0.6) is 0 Å². The Kier molecular flexibility index (Phi) is 5.93. The zero-order chi connectivity index (χ0) is 14.3. The lowest BCUT2D eigenvalue weighted by atomic mass is 10.2. The van der Waals surface area contributed by atoms with Gasteiger partial charge in [-0.05, 0) is 0 Å². The highest BCUT2D eigenvalue weighted by atomic mass is 19.4. The van der Waals surface area contributed by atoms with Gasteiger partial charge in [0, 0.05) is 6.54 Å². The van der Waals surface area contributed by atoms with Crippen LogP contribution in [0.15, 0.2) is 0 Å². The summed E-state index contributed by atoms with van der Waals surface area (Å²) in [6.07, 6.45) is -6.58. The molecule has 0 radical (unpaired) electrons. The number of carbonyl (C=O) groups excluding carboxylic acids is 1. The number of carbonyl (C=O) groups is 3. The fourth-order valence-electron chi connectivity index (χ4n) is 0.902. The molecule has 0 aliphatic heterocycles. The Morgan fingerprint density at radius 1 is 1.17 bits per heavy atom. The van der Waals surface area contributed by atoms with Crippen molar-refractivity contribution in [1.82, 2.24) is 10.6 Å². The zero-order valence-corrected chi connectivity index (χ0v) is 8.95. The maximum atomic E-state index is 11.7. The summed E-state index contributed by atoms with van der Waals surface area (Å²) in [6, 6.07) is -2.87. The molecule has 0 fully saturated rings. The standard InChI is InChI=1S/C8H11F3N2O5/c9-8(10,11)1-2-12-7(18)13-4(6(16)17)3-5(14)15/h4H,1-3H2,(H,14,15)(H,16,17)(H2,12,13,18). The second-order valence-corrected chi connectivity index (χ2v) is 3.25. The largest absolute Gasteiger partial charge is 0.481 e. The average Bonchev–Trinajstić information content (AvgIpc) is 2.13. The number of hydrogen-bond donors (Lipinski definition) is 4. The van der Waals surface area contributed by atoms with Gasteiger partial charge in [0.2, 0.25) is 0 Å². The van der Waals surface area contributed by atoms with E-state index in [4.69, 9.17) is 10.2 Å². The Bertz CT molecular complexity index is 331. The molecule has 0 aromatic carbocycles. The van der Waals surface area contributed by atoms with Crippen LogP contribution in [-0.4, -0.2) is 46.9 Å². The van der Waals surface area contributed by atoms with E-state index in [-0.39, 0.29) is 0 Å². The van der Waals surface area contributed by atoms with Gasteiger partial charge in [-0.25, -0.2) is 9.59 Å². The molecule has 104 valence electrons. The molecule has 0 rings (SSSR count). The summed E-state index contributed by atoms with van der Waals surface area (Å²) >= 11 is 0. The van der Waals surface area contributed by atoms with E-state index < -0.39 is 49.6 Å². The molecule has 7 nitrogen and oxygen atoms in total. The predicted molar refractivity (Wildman–Crippen MR) is 50.9 cm³/mol. The lowest BCUT2D eigenvalue weighted by Crippen LogP contribution is -2.47. The van der Waals surface area contributed by atoms with E-state index in [9.17, 15) is 27.6 Å². The van der Waals surface area contributed by atoms with Crippen molar-refractivity contribution in [3.8, 4) is 0 Å². The normalized spacial score (nSPS) is 12.6. The Labute approximate surface area is 99.0 Å². The number of carboxylic acids is 2. The summed E-state index contributed by atoms with van der Waals surface area (Å²) in [6.45, 7) is -0.727. The van der Waals surface area contributed by atoms with Gasteiger partial charge in [0.1, 0.15) is 6.04 Å². The minimum Gasteiger partial charge on any atom is -0.481 e. The lowest BCUT2D eigenvalue weighted by Gasteiger charge is -2.13. The molecule has 18 heavy (non-hydrogen) atoms. The number of hydrogen-bond acceptors (Lipinski definition) is 3. The summed E-state index contributed by atoms with van der Waals surface area (Å²) in [5.41, 5.74) is 0. The van der Waals surface area contributed by atoms with Crippen LogP contribution in [0, 0.1) is 0 Å². The van der Waals surface area contributed by atoms with Crippen LogP contribution in [0.1, 0.15) is 12.8 Å². The van der Waals surface area contributed by atoms with E-state index in [2.05, 4.69) is 0 Å². The van der Waals surface area contributed by atoms with Crippen LogP contribution < -0.4 is 10.6 Å². The van der Waals surface area contributed by atoms with Crippen LogP contribution in [0.3, 0.4) is 0 Å². The van der Waals surface area contributed by atoms with Gasteiger partial charge in [-0.1, -0.05) is 0 Å². The van der Waals surface area contributed by atoms with Crippen molar-refractivity contribution in [3.63, 3.8) is 0 Å². The number of alkyl halides is 3. The van der Waals surface area contributed by atoms with Crippen molar-refractivity contribution in [3.05, 3.63) is 0 Å². The fourth-order valence-corrected chi connectivity index (χ4v) is 0.902. The molecule has 0 aromatic rings. The number of urea groups is 1. The smallest absolute Gasteiger partial charge is 0.390 e. The van der Waals surface area contributed by atoms with E-state index in [1.54, 1.807) is 10.6 Å². The number of nitrogens with one attached hydrogen (secondary N) is 2. The maximum absolute atomic E-state index is 11.7. The van der Waals surface area contributed by atoms with Gasteiger partial charge in [-0.15, -0.1) is 0 Å². The van der Waals surface area contributed by atoms with Crippen molar-refractivity contribution in [2.75, 3.05) is 6.54 Å². The monoisotopic (exact) mass is 272 g/mol. The summed E-state index contributed by atoms with van der Waals surface area (Å²) in [7, 11) is 0. The van der Waals surface area contributed by atoms with Crippen molar-refractivity contribution in [2.45, 2.75) is 25.1 Å². The van der Waals surface area contributed by atoms with Gasteiger partial charge in [0.15, 0.2) is 0 Å². The highest BCUT2D eigenvalue weighted by Crippen LogP contribution is 2.17. The summed E-state index contributed by atoms with van der Waals surface area (Å²) < 4.78 is 35.2. The van der Waals surface area contributed by atoms with Crippen LogP contribution in [0.4, 0.5) is 18.0 Å². The molecule has 10 heteroatoms. The van der Waals surface area contributed by atoms with E-state index >= 15 is 0 Å². The third-order valence-corrected chi connectivity index (χ3v) is 1.68. The first-order chi connectivity index (χ1) is 8.11. The predicted octanol–water partition coefficient (Wildman–Crippen LogP) is 0.166. The van der Waals surface area contributed by atoms with Gasteiger partial charge >= 0.3 is 24.1 Å². The van der Waals surface area contributed by atoms with E-state index in [1.807, 2.05) is 0 Å². The molecule has 0 aromatic heterocycles. The molecule has 0 bridgehead atoms. The average molecular weight is 272 g/mol. The Balaban J connectivity index is 4.11. The number of rotatable bonds is 6. The SMILES string of the molecule is O=C(O)CC(NC(=O)NCCC(F)(F)F)C(=O)O. The summed E-state index contributed by atoms with van der Waals surface area (Å²) in [5, 5.41) is 20.4. The highest BCUT2D eigenvalue weighted by molar-refractivity contribution is 5.86. The van der Waals surface area contributed by atoms with Gasteiger partial charge < -0.3 is 20.8 Å². The van der Waals surface area contributed by atoms with Crippen LogP contribution in [-0.2, 0) is 9.59 Å². The zero-order valence-electron chi connectivity index (χ0n) is 8.95. The van der Waals surface area contributed by atoms with Gasteiger partial charge in [0.25, 0.3) is 0 Å². The topological polar surface area (TPSA) is 116 Å². The van der Waals surface area contributed by atoms with Gasteiger partial charge in [-0.2, -0.15) is 13.2 Å². The molecule has 1 atom stereocenters. The van der Waals surface area contributed by atoms with Crippen LogP contribution >= 0.6 is 0 Å². The Morgan fingerprint density at radius 3 is 2.11 bits per heavy atom. The third-order valence-electron chi connectivity index (χ3n) is 1.68. The molecule has 0 aliphatic rings.